The molecule has 2 aromatic rings. The predicted octanol–water partition coefficient (Wildman–Crippen LogP) is 4.22. The Morgan fingerprint density at radius 2 is 1.90 bits per heavy atom. The second kappa shape index (κ2) is 6.72. The van der Waals surface area contributed by atoms with Gasteiger partial charge < -0.3 is 10.1 Å². The van der Waals surface area contributed by atoms with Crippen molar-refractivity contribution in [2.24, 2.45) is 0 Å². The molecule has 0 aliphatic rings. The van der Waals surface area contributed by atoms with Crippen LogP contribution < -0.4 is 5.32 Å². The minimum atomic E-state index is -0.758. The van der Waals surface area contributed by atoms with Gasteiger partial charge in [-0.3, -0.25) is 0 Å². The second-order valence-corrected chi connectivity index (χ2v) is 5.53. The number of hydrogen-bond donors (Lipinski definition) is 1. The number of benzene rings is 2. The molecule has 0 aromatic heterocycles. The Morgan fingerprint density at radius 3 is 2.48 bits per heavy atom. The molecule has 5 heteroatoms. The molecule has 0 spiro atoms. The highest BCUT2D eigenvalue weighted by atomic mass is 79.9. The van der Waals surface area contributed by atoms with Crippen LogP contribution in [0.15, 0.2) is 46.9 Å². The fraction of sp³-hybridized carbons (Fsp3) is 0.188. The lowest BCUT2D eigenvalue weighted by Crippen LogP contribution is -2.22. The highest BCUT2D eigenvalue weighted by molar-refractivity contribution is 9.10. The Labute approximate surface area is 131 Å². The summed E-state index contributed by atoms with van der Waals surface area (Å²) in [5.74, 6) is -0.819. The van der Waals surface area contributed by atoms with E-state index in [4.69, 9.17) is 4.74 Å². The third-order valence-corrected chi connectivity index (χ3v) is 3.65. The van der Waals surface area contributed by atoms with E-state index >= 15 is 0 Å². The van der Waals surface area contributed by atoms with Crippen LogP contribution in [0, 0.1) is 12.7 Å². The van der Waals surface area contributed by atoms with Crippen LogP contribution in [-0.2, 0) is 9.53 Å². The van der Waals surface area contributed by atoms with Crippen molar-refractivity contribution in [2.45, 2.75) is 13.0 Å². The molecule has 0 radical (unpaired) electrons. The Bertz CT molecular complexity index is 643. The fourth-order valence-corrected chi connectivity index (χ4v) is 2.16. The van der Waals surface area contributed by atoms with Gasteiger partial charge in [0.25, 0.3) is 0 Å². The zero-order valence-electron chi connectivity index (χ0n) is 11.7. The maximum Gasteiger partial charge on any atom is 0.332 e. The van der Waals surface area contributed by atoms with E-state index in [1.54, 1.807) is 19.1 Å². The number of carbonyl (C=O) groups excluding carboxylic acids is 1. The topological polar surface area (TPSA) is 38.3 Å². The predicted molar refractivity (Wildman–Crippen MR) is 83.7 cm³/mol. The van der Waals surface area contributed by atoms with Crippen LogP contribution in [-0.4, -0.2) is 13.1 Å². The molecule has 0 heterocycles. The number of aryl methyl sites for hydroxylation is 1. The molecule has 0 saturated carbocycles. The second-order valence-electron chi connectivity index (χ2n) is 4.62. The molecular weight excluding hydrogens is 337 g/mol. The maximum absolute atomic E-state index is 13.7. The lowest BCUT2D eigenvalue weighted by Gasteiger charge is -2.18. The average Bonchev–Trinajstić information content (AvgIpc) is 2.49. The number of rotatable bonds is 4. The van der Waals surface area contributed by atoms with Crippen molar-refractivity contribution < 1.29 is 13.9 Å². The Balaban J connectivity index is 2.31. The summed E-state index contributed by atoms with van der Waals surface area (Å²) < 4.78 is 19.4. The summed E-state index contributed by atoms with van der Waals surface area (Å²) in [6, 6.07) is 11.3. The normalized spacial score (nSPS) is 11.8. The van der Waals surface area contributed by atoms with E-state index < -0.39 is 12.0 Å². The number of ether oxygens (including phenoxy) is 1. The van der Waals surface area contributed by atoms with Gasteiger partial charge in [-0.15, -0.1) is 0 Å². The molecule has 0 amide bonds. The Morgan fingerprint density at radius 1 is 1.24 bits per heavy atom. The first kappa shape index (κ1) is 15.5. The highest BCUT2D eigenvalue weighted by Gasteiger charge is 2.22. The molecule has 1 atom stereocenters. The molecule has 0 bridgehead atoms. The van der Waals surface area contributed by atoms with Crippen molar-refractivity contribution in [3.05, 3.63) is 63.9 Å². The number of halogens is 2. The lowest BCUT2D eigenvalue weighted by atomic mass is 10.0. The number of nitrogens with one attached hydrogen (secondary N) is 1. The molecule has 2 aromatic carbocycles. The Kier molecular flexibility index (Phi) is 4.96. The van der Waals surface area contributed by atoms with Crippen molar-refractivity contribution in [3.63, 3.8) is 0 Å². The third-order valence-electron chi connectivity index (χ3n) is 3.12. The summed E-state index contributed by atoms with van der Waals surface area (Å²) in [5, 5.41) is 3.06. The molecule has 0 aliphatic heterocycles. The first-order chi connectivity index (χ1) is 10.0. The molecular formula is C16H15BrFNO2. The molecule has 0 saturated heterocycles. The van der Waals surface area contributed by atoms with Crippen LogP contribution in [0.3, 0.4) is 0 Å². The summed E-state index contributed by atoms with van der Waals surface area (Å²) in [5.41, 5.74) is 1.80. The zero-order chi connectivity index (χ0) is 15.4. The van der Waals surface area contributed by atoms with Crippen molar-refractivity contribution in [2.75, 3.05) is 12.4 Å². The SMILES string of the molecule is COC(=O)C(Nc1ccc(Br)cc1)c1ccc(C)c(F)c1. The first-order valence-corrected chi connectivity index (χ1v) is 7.16. The van der Waals surface area contributed by atoms with Gasteiger partial charge in [0.2, 0.25) is 0 Å². The van der Waals surface area contributed by atoms with E-state index in [1.165, 1.54) is 13.2 Å². The molecule has 2 rings (SSSR count). The van der Waals surface area contributed by atoms with Crippen LogP contribution in [0.4, 0.5) is 10.1 Å². The van der Waals surface area contributed by atoms with Crippen LogP contribution >= 0.6 is 15.9 Å². The zero-order valence-corrected chi connectivity index (χ0v) is 13.3. The van der Waals surface area contributed by atoms with E-state index in [0.29, 0.717) is 11.1 Å². The van der Waals surface area contributed by atoms with Gasteiger partial charge in [-0.25, -0.2) is 9.18 Å². The van der Waals surface area contributed by atoms with Crippen molar-refractivity contribution >= 4 is 27.6 Å². The summed E-state index contributed by atoms with van der Waals surface area (Å²) in [6.45, 7) is 1.68. The lowest BCUT2D eigenvalue weighted by molar-refractivity contribution is -0.141. The van der Waals surface area contributed by atoms with Crippen molar-refractivity contribution in [1.29, 1.82) is 0 Å². The van der Waals surface area contributed by atoms with Gasteiger partial charge >= 0.3 is 5.97 Å². The number of methoxy groups -OCH3 is 1. The maximum atomic E-state index is 13.7. The summed E-state index contributed by atoms with van der Waals surface area (Å²) >= 11 is 3.35. The fourth-order valence-electron chi connectivity index (χ4n) is 1.90. The van der Waals surface area contributed by atoms with Gasteiger partial charge in [-0.1, -0.05) is 28.1 Å². The minimum absolute atomic E-state index is 0.348. The van der Waals surface area contributed by atoms with Gasteiger partial charge in [0.1, 0.15) is 5.82 Å². The number of carbonyl (C=O) groups is 1. The monoisotopic (exact) mass is 351 g/mol. The standard InChI is InChI=1S/C16H15BrFNO2/c1-10-3-4-11(9-14(10)18)15(16(20)21-2)19-13-7-5-12(17)6-8-13/h3-9,15,19H,1-2H3. The molecule has 0 aliphatic carbocycles. The van der Waals surface area contributed by atoms with E-state index in [0.717, 1.165) is 10.2 Å². The summed E-state index contributed by atoms with van der Waals surface area (Å²) in [7, 11) is 1.31. The highest BCUT2D eigenvalue weighted by Crippen LogP contribution is 2.24. The van der Waals surface area contributed by atoms with E-state index in [1.807, 2.05) is 24.3 Å². The quantitative estimate of drug-likeness (QED) is 0.838. The van der Waals surface area contributed by atoms with E-state index in [2.05, 4.69) is 21.2 Å². The van der Waals surface area contributed by atoms with Gasteiger partial charge in [-0.2, -0.15) is 0 Å². The molecule has 1 N–H and O–H groups in total. The smallest absolute Gasteiger partial charge is 0.332 e. The molecule has 3 nitrogen and oxygen atoms in total. The summed E-state index contributed by atoms with van der Waals surface area (Å²) in [6.07, 6.45) is 0. The van der Waals surface area contributed by atoms with Gasteiger partial charge in [0.05, 0.1) is 7.11 Å². The largest absolute Gasteiger partial charge is 0.467 e. The molecule has 110 valence electrons. The summed E-state index contributed by atoms with van der Waals surface area (Å²) in [4.78, 5) is 12.0. The third kappa shape index (κ3) is 3.82. The molecule has 0 fully saturated rings. The number of esters is 1. The number of hydrogen-bond acceptors (Lipinski definition) is 3. The van der Waals surface area contributed by atoms with Gasteiger partial charge in [0, 0.05) is 10.2 Å². The average molecular weight is 352 g/mol. The van der Waals surface area contributed by atoms with Crippen molar-refractivity contribution in [3.8, 4) is 0 Å². The molecule has 1 unspecified atom stereocenters. The van der Waals surface area contributed by atoms with Gasteiger partial charge in [-0.05, 0) is 48.4 Å². The minimum Gasteiger partial charge on any atom is -0.467 e. The van der Waals surface area contributed by atoms with Crippen LogP contribution in [0.2, 0.25) is 0 Å². The van der Waals surface area contributed by atoms with Crippen LogP contribution in [0.1, 0.15) is 17.2 Å². The van der Waals surface area contributed by atoms with E-state index in [9.17, 15) is 9.18 Å². The molecule has 21 heavy (non-hydrogen) atoms. The number of anilines is 1. The first-order valence-electron chi connectivity index (χ1n) is 6.37. The van der Waals surface area contributed by atoms with Crippen molar-refractivity contribution in [1.82, 2.24) is 0 Å². The van der Waals surface area contributed by atoms with Gasteiger partial charge in [0.15, 0.2) is 6.04 Å². The van der Waals surface area contributed by atoms with Crippen LogP contribution in [0.25, 0.3) is 0 Å². The Hall–Kier alpha value is -1.88. The van der Waals surface area contributed by atoms with Crippen LogP contribution in [0.5, 0.6) is 0 Å². The van der Waals surface area contributed by atoms with E-state index in [-0.39, 0.29) is 5.82 Å².